The Morgan fingerprint density at radius 1 is 1.08 bits per heavy atom. The molecule has 6 heteroatoms. The van der Waals surface area contributed by atoms with Crippen molar-refractivity contribution in [1.82, 2.24) is 5.32 Å². The maximum Gasteiger partial charge on any atom is 0.332 e. The van der Waals surface area contributed by atoms with Gasteiger partial charge in [0.1, 0.15) is 6.73 Å². The minimum absolute atomic E-state index is 0.127. The summed E-state index contributed by atoms with van der Waals surface area (Å²) in [7, 11) is -3.60. The molecule has 142 valence electrons. The van der Waals surface area contributed by atoms with Crippen LogP contribution in [-0.4, -0.2) is 23.2 Å². The average molecular weight is 361 g/mol. The van der Waals surface area contributed by atoms with Crippen LogP contribution in [0, 0.1) is 0 Å². The molecule has 0 radical (unpaired) electrons. The maximum absolute atomic E-state index is 11.6. The number of hydrogen-bond acceptors (Lipinski definition) is 3. The molecular weight excluding hydrogens is 325 g/mol. The molecule has 1 atom stereocenters. The number of nitrogens with one attached hydrogen (secondary N) is 1. The molecule has 0 fully saturated rings. The van der Waals surface area contributed by atoms with Crippen LogP contribution in [0.3, 0.4) is 0 Å². The summed E-state index contributed by atoms with van der Waals surface area (Å²) in [6.07, 6.45) is 15.3. The third-order valence-corrected chi connectivity index (χ3v) is 5.64. The molecule has 0 aliphatic carbocycles. The summed E-state index contributed by atoms with van der Waals surface area (Å²) in [6.45, 7) is 5.24. The van der Waals surface area contributed by atoms with Crippen molar-refractivity contribution >= 4 is 13.5 Å². The standard InChI is InChI=1S/C18H36NO4P/c1-4-5-6-7-8-9-10-11-12-13-14-15-18(20)19-16-23-24(21,22)17(2)3/h7-8,17H,4-6,9-16H2,1-3H3,(H,19,20)(H,21,22)/b8-7-. The van der Waals surface area contributed by atoms with Gasteiger partial charge in [-0.1, -0.05) is 65.0 Å². The molecule has 0 aromatic rings. The summed E-state index contributed by atoms with van der Waals surface area (Å²) in [4.78, 5) is 21.0. The molecule has 0 saturated carbocycles. The molecule has 1 amide bonds. The van der Waals surface area contributed by atoms with Gasteiger partial charge in [0, 0.05) is 6.42 Å². The second-order valence-electron chi connectivity index (χ2n) is 6.45. The predicted molar refractivity (Wildman–Crippen MR) is 100 cm³/mol. The molecule has 0 aliphatic heterocycles. The molecule has 0 heterocycles. The lowest BCUT2D eigenvalue weighted by atomic mass is 10.1. The third kappa shape index (κ3) is 13.8. The van der Waals surface area contributed by atoms with Gasteiger partial charge in [-0.15, -0.1) is 0 Å². The van der Waals surface area contributed by atoms with Gasteiger partial charge in [0.15, 0.2) is 0 Å². The Labute approximate surface area is 147 Å². The van der Waals surface area contributed by atoms with Crippen molar-refractivity contribution in [2.24, 2.45) is 0 Å². The first-order valence-electron chi connectivity index (χ1n) is 9.28. The van der Waals surface area contributed by atoms with Crippen LogP contribution < -0.4 is 5.32 Å². The smallest absolute Gasteiger partial charge is 0.332 e. The lowest BCUT2D eigenvalue weighted by molar-refractivity contribution is -0.122. The molecular formula is C18H36NO4P. The number of amides is 1. The van der Waals surface area contributed by atoms with E-state index in [9.17, 15) is 14.3 Å². The highest BCUT2D eigenvalue weighted by molar-refractivity contribution is 7.53. The van der Waals surface area contributed by atoms with E-state index >= 15 is 0 Å². The summed E-state index contributed by atoms with van der Waals surface area (Å²) in [5.41, 5.74) is -0.462. The minimum Gasteiger partial charge on any atom is -0.333 e. The van der Waals surface area contributed by atoms with Crippen LogP contribution in [0.4, 0.5) is 0 Å². The highest BCUT2D eigenvalue weighted by Gasteiger charge is 2.24. The topological polar surface area (TPSA) is 75.6 Å². The lowest BCUT2D eigenvalue weighted by Crippen LogP contribution is -2.25. The molecule has 0 aromatic heterocycles. The molecule has 1 unspecified atom stereocenters. The largest absolute Gasteiger partial charge is 0.333 e. The van der Waals surface area contributed by atoms with E-state index in [1.54, 1.807) is 13.8 Å². The van der Waals surface area contributed by atoms with Crippen LogP contribution in [0.25, 0.3) is 0 Å². The number of carbonyl (C=O) groups excluding carboxylic acids is 1. The highest BCUT2D eigenvalue weighted by Crippen LogP contribution is 2.46. The third-order valence-electron chi connectivity index (χ3n) is 3.84. The van der Waals surface area contributed by atoms with Gasteiger partial charge in [-0.2, -0.15) is 0 Å². The SMILES string of the molecule is CCCC/C=C\CCCCCCCC(=O)NCOP(=O)(O)C(C)C. The van der Waals surface area contributed by atoms with E-state index in [1.807, 2.05) is 0 Å². The Kier molecular flexibility index (Phi) is 14.3. The van der Waals surface area contributed by atoms with E-state index in [-0.39, 0.29) is 12.6 Å². The summed E-state index contributed by atoms with van der Waals surface area (Å²) in [5.74, 6) is -0.127. The van der Waals surface area contributed by atoms with Crippen molar-refractivity contribution in [3.63, 3.8) is 0 Å². The minimum atomic E-state index is -3.60. The molecule has 2 N–H and O–H groups in total. The zero-order valence-electron chi connectivity index (χ0n) is 15.6. The summed E-state index contributed by atoms with van der Waals surface area (Å²) < 4.78 is 16.4. The van der Waals surface area contributed by atoms with Crippen molar-refractivity contribution in [2.45, 2.75) is 90.6 Å². The first-order chi connectivity index (χ1) is 11.4. The number of carbonyl (C=O) groups is 1. The first kappa shape index (κ1) is 23.4. The quantitative estimate of drug-likeness (QED) is 0.183. The second-order valence-corrected chi connectivity index (χ2v) is 8.87. The fourth-order valence-corrected chi connectivity index (χ4v) is 2.63. The van der Waals surface area contributed by atoms with E-state index in [4.69, 9.17) is 4.52 Å². The predicted octanol–water partition coefficient (Wildman–Crippen LogP) is 5.15. The number of unbranched alkanes of at least 4 members (excludes halogenated alkanes) is 7. The summed E-state index contributed by atoms with van der Waals surface area (Å²) in [5, 5.41) is 2.53. The highest BCUT2D eigenvalue weighted by atomic mass is 31.2. The van der Waals surface area contributed by atoms with Crippen LogP contribution in [0.1, 0.15) is 85.0 Å². The van der Waals surface area contributed by atoms with Gasteiger partial charge in [-0.25, -0.2) is 0 Å². The van der Waals surface area contributed by atoms with Crippen molar-refractivity contribution in [1.29, 1.82) is 0 Å². The van der Waals surface area contributed by atoms with E-state index in [2.05, 4.69) is 24.4 Å². The second kappa shape index (κ2) is 14.7. The van der Waals surface area contributed by atoms with Crippen LogP contribution >= 0.6 is 7.60 Å². The summed E-state index contributed by atoms with van der Waals surface area (Å²) in [6, 6.07) is 0. The molecule has 0 aromatic carbocycles. The van der Waals surface area contributed by atoms with Gasteiger partial charge >= 0.3 is 7.60 Å². The normalized spacial score (nSPS) is 14.2. The van der Waals surface area contributed by atoms with Crippen molar-refractivity contribution in [3.8, 4) is 0 Å². The van der Waals surface area contributed by atoms with Crippen LogP contribution in [0.15, 0.2) is 12.2 Å². The van der Waals surface area contributed by atoms with Gasteiger partial charge in [0.05, 0.1) is 5.66 Å². The Hall–Kier alpha value is -0.640. The average Bonchev–Trinajstić information content (AvgIpc) is 2.52. The molecule has 0 aliphatic rings. The molecule has 0 bridgehead atoms. The molecule has 5 nitrogen and oxygen atoms in total. The van der Waals surface area contributed by atoms with E-state index < -0.39 is 13.3 Å². The van der Waals surface area contributed by atoms with Gasteiger partial charge in [-0.05, 0) is 25.7 Å². The molecule has 0 rings (SSSR count). The Morgan fingerprint density at radius 2 is 1.67 bits per heavy atom. The zero-order chi connectivity index (χ0) is 18.3. The number of hydrogen-bond donors (Lipinski definition) is 2. The zero-order valence-corrected chi connectivity index (χ0v) is 16.5. The fraction of sp³-hybridized carbons (Fsp3) is 0.833. The maximum atomic E-state index is 11.6. The number of rotatable bonds is 15. The molecule has 24 heavy (non-hydrogen) atoms. The van der Waals surface area contributed by atoms with E-state index in [0.717, 1.165) is 25.7 Å². The van der Waals surface area contributed by atoms with Crippen LogP contribution in [-0.2, 0) is 13.9 Å². The Bertz CT molecular complexity index is 396. The fourth-order valence-electron chi connectivity index (χ4n) is 2.08. The molecule has 0 saturated heterocycles. The summed E-state index contributed by atoms with van der Waals surface area (Å²) >= 11 is 0. The van der Waals surface area contributed by atoms with E-state index in [0.29, 0.717) is 6.42 Å². The van der Waals surface area contributed by atoms with Gasteiger partial charge < -0.3 is 10.2 Å². The first-order valence-corrected chi connectivity index (χ1v) is 10.9. The van der Waals surface area contributed by atoms with Crippen LogP contribution in [0.2, 0.25) is 0 Å². The van der Waals surface area contributed by atoms with Gasteiger partial charge in [0.2, 0.25) is 5.91 Å². The lowest BCUT2D eigenvalue weighted by Gasteiger charge is -2.15. The monoisotopic (exact) mass is 361 g/mol. The number of allylic oxidation sites excluding steroid dienone is 2. The van der Waals surface area contributed by atoms with Gasteiger partial charge in [-0.3, -0.25) is 13.9 Å². The van der Waals surface area contributed by atoms with Gasteiger partial charge in [0.25, 0.3) is 0 Å². The van der Waals surface area contributed by atoms with Crippen molar-refractivity contribution < 1.29 is 18.8 Å². The molecule has 0 spiro atoms. The van der Waals surface area contributed by atoms with Crippen molar-refractivity contribution in [3.05, 3.63) is 12.2 Å². The van der Waals surface area contributed by atoms with Crippen LogP contribution in [0.5, 0.6) is 0 Å². The van der Waals surface area contributed by atoms with Crippen molar-refractivity contribution in [2.75, 3.05) is 6.73 Å². The van der Waals surface area contributed by atoms with E-state index in [1.165, 1.54) is 32.1 Å². The Balaban J connectivity index is 3.44. The Morgan fingerprint density at radius 3 is 2.29 bits per heavy atom.